The Hall–Kier alpha value is -0.960. The molecule has 0 unspecified atom stereocenters. The van der Waals surface area contributed by atoms with Gasteiger partial charge in [-0.25, -0.2) is 13.2 Å². The van der Waals surface area contributed by atoms with Crippen LogP contribution in [0.3, 0.4) is 0 Å². The third-order valence-corrected chi connectivity index (χ3v) is 4.79. The van der Waals surface area contributed by atoms with E-state index in [1.54, 1.807) is 0 Å². The first-order valence-electron chi connectivity index (χ1n) is 5.11. The molecule has 0 amide bonds. The molecule has 18 heavy (non-hydrogen) atoms. The normalized spacial score (nSPS) is 16.9. The lowest BCUT2D eigenvalue weighted by Crippen LogP contribution is -2.26. The Morgan fingerprint density at radius 3 is 2.67 bits per heavy atom. The molecule has 1 N–H and O–H groups in total. The molecule has 1 aromatic rings. The Labute approximate surface area is 112 Å². The highest BCUT2D eigenvalue weighted by Crippen LogP contribution is 2.25. The Morgan fingerprint density at radius 1 is 1.44 bits per heavy atom. The van der Waals surface area contributed by atoms with Gasteiger partial charge in [-0.15, -0.1) is 0 Å². The molecule has 98 valence electrons. The number of sulfonamides is 1. The van der Waals surface area contributed by atoms with Crippen molar-refractivity contribution in [2.24, 2.45) is 0 Å². The first kappa shape index (κ1) is 13.5. The first-order chi connectivity index (χ1) is 8.43. The average Bonchev–Trinajstić information content (AvgIpc) is 2.82. The van der Waals surface area contributed by atoms with Crippen LogP contribution in [0.15, 0.2) is 27.6 Å². The Balaban J connectivity index is 2.40. The summed E-state index contributed by atoms with van der Waals surface area (Å²) in [4.78, 5) is 15.8. The molecule has 0 atom stereocenters. The van der Waals surface area contributed by atoms with Crippen LogP contribution in [-0.2, 0) is 14.9 Å². The number of carbonyl (C=O) groups is 1. The van der Waals surface area contributed by atoms with E-state index in [0.29, 0.717) is 19.6 Å². The van der Waals surface area contributed by atoms with Crippen LogP contribution in [0.2, 0.25) is 0 Å². The molecule has 2 rings (SSSR count). The van der Waals surface area contributed by atoms with Gasteiger partial charge in [-0.2, -0.15) is 0 Å². The fourth-order valence-corrected chi connectivity index (χ4v) is 3.59. The predicted molar refractivity (Wildman–Crippen MR) is 65.6 cm³/mol. The third kappa shape index (κ3) is 2.41. The minimum absolute atomic E-state index is 0.00118. The third-order valence-electron chi connectivity index (χ3n) is 2.46. The van der Waals surface area contributed by atoms with E-state index in [2.05, 4.69) is 15.9 Å². The van der Waals surface area contributed by atoms with Gasteiger partial charge in [-0.1, -0.05) is 4.47 Å². The maximum Gasteiger partial charge on any atom is 0.336 e. The molecule has 1 saturated heterocycles. The summed E-state index contributed by atoms with van der Waals surface area (Å²) in [6.07, 6.45) is 0.646. The second-order valence-electron chi connectivity index (χ2n) is 3.66. The molecular weight excluding hydrogens is 326 g/mol. The van der Waals surface area contributed by atoms with Crippen LogP contribution in [-0.4, -0.2) is 37.1 Å². The Morgan fingerprint density at radius 2 is 2.17 bits per heavy atom. The highest BCUT2D eigenvalue weighted by atomic mass is 79.9. The molecule has 0 aliphatic carbocycles. The SMILES string of the molecule is O=C(O)c1ccc(S(=O)(=O)N2CCCO2)cc1Br. The molecule has 0 spiro atoms. The average molecular weight is 336 g/mol. The van der Waals surface area contributed by atoms with E-state index in [1.165, 1.54) is 18.2 Å². The van der Waals surface area contributed by atoms with Gasteiger partial charge < -0.3 is 5.11 Å². The van der Waals surface area contributed by atoms with E-state index in [9.17, 15) is 13.2 Å². The Bertz CT molecular complexity index is 580. The number of benzene rings is 1. The van der Waals surface area contributed by atoms with E-state index in [4.69, 9.17) is 9.94 Å². The maximum atomic E-state index is 12.1. The van der Waals surface area contributed by atoms with Crippen molar-refractivity contribution in [3.05, 3.63) is 28.2 Å². The first-order valence-corrected chi connectivity index (χ1v) is 7.35. The van der Waals surface area contributed by atoms with Gasteiger partial charge >= 0.3 is 5.97 Å². The van der Waals surface area contributed by atoms with Crippen LogP contribution in [0.1, 0.15) is 16.8 Å². The molecule has 0 saturated carbocycles. The molecule has 1 aliphatic rings. The molecule has 0 radical (unpaired) electrons. The quantitative estimate of drug-likeness (QED) is 0.904. The zero-order valence-electron chi connectivity index (χ0n) is 9.17. The van der Waals surface area contributed by atoms with Gasteiger partial charge in [0.25, 0.3) is 10.0 Å². The topological polar surface area (TPSA) is 83.9 Å². The Kier molecular flexibility index (Phi) is 3.71. The summed E-state index contributed by atoms with van der Waals surface area (Å²) in [6, 6.07) is 3.76. The summed E-state index contributed by atoms with van der Waals surface area (Å²) in [7, 11) is -3.72. The number of hydroxylamine groups is 1. The molecule has 1 fully saturated rings. The van der Waals surface area contributed by atoms with Gasteiger partial charge in [-0.3, -0.25) is 4.84 Å². The van der Waals surface area contributed by atoms with Crippen molar-refractivity contribution in [1.82, 2.24) is 4.47 Å². The largest absolute Gasteiger partial charge is 0.478 e. The van der Waals surface area contributed by atoms with Crippen molar-refractivity contribution >= 4 is 31.9 Å². The van der Waals surface area contributed by atoms with Crippen LogP contribution >= 0.6 is 15.9 Å². The zero-order chi connectivity index (χ0) is 13.3. The van der Waals surface area contributed by atoms with Gasteiger partial charge in [0.1, 0.15) is 0 Å². The van der Waals surface area contributed by atoms with Crippen LogP contribution in [0.25, 0.3) is 0 Å². The highest BCUT2D eigenvalue weighted by Gasteiger charge is 2.29. The molecule has 1 aliphatic heterocycles. The summed E-state index contributed by atoms with van der Waals surface area (Å²) in [5, 5.41) is 8.86. The maximum absolute atomic E-state index is 12.1. The minimum Gasteiger partial charge on any atom is -0.478 e. The predicted octanol–water partition coefficient (Wildman–Crippen LogP) is 1.47. The lowest BCUT2D eigenvalue weighted by Gasteiger charge is -2.14. The minimum atomic E-state index is -3.72. The summed E-state index contributed by atoms with van der Waals surface area (Å²) >= 11 is 3.04. The second kappa shape index (κ2) is 4.96. The fourth-order valence-electron chi connectivity index (χ4n) is 1.56. The number of carboxylic acid groups (broad SMARTS) is 1. The molecular formula is C10H10BrNO5S. The van der Waals surface area contributed by atoms with Crippen molar-refractivity contribution in [3.8, 4) is 0 Å². The number of hydrogen-bond acceptors (Lipinski definition) is 4. The number of hydrogen-bond donors (Lipinski definition) is 1. The van der Waals surface area contributed by atoms with E-state index >= 15 is 0 Å². The monoisotopic (exact) mass is 335 g/mol. The molecule has 1 aromatic carbocycles. The van der Waals surface area contributed by atoms with Gasteiger partial charge in [0.15, 0.2) is 0 Å². The lowest BCUT2D eigenvalue weighted by molar-refractivity contribution is -0.0284. The lowest BCUT2D eigenvalue weighted by atomic mass is 10.2. The van der Waals surface area contributed by atoms with Gasteiger partial charge in [-0.05, 0) is 40.5 Å². The molecule has 8 heteroatoms. The summed E-state index contributed by atoms with van der Waals surface area (Å²) in [6.45, 7) is 0.675. The summed E-state index contributed by atoms with van der Waals surface area (Å²) in [5.74, 6) is -1.12. The van der Waals surface area contributed by atoms with Crippen molar-refractivity contribution < 1.29 is 23.2 Å². The van der Waals surface area contributed by atoms with Gasteiger partial charge in [0, 0.05) is 11.0 Å². The molecule has 0 aromatic heterocycles. The molecule has 1 heterocycles. The van der Waals surface area contributed by atoms with Crippen LogP contribution < -0.4 is 0 Å². The van der Waals surface area contributed by atoms with Crippen LogP contribution in [0.5, 0.6) is 0 Å². The highest BCUT2D eigenvalue weighted by molar-refractivity contribution is 9.10. The number of nitrogens with zero attached hydrogens (tertiary/aromatic N) is 1. The fraction of sp³-hybridized carbons (Fsp3) is 0.300. The smallest absolute Gasteiger partial charge is 0.336 e. The van der Waals surface area contributed by atoms with Crippen molar-refractivity contribution in [2.75, 3.05) is 13.2 Å². The van der Waals surface area contributed by atoms with Crippen molar-refractivity contribution in [3.63, 3.8) is 0 Å². The van der Waals surface area contributed by atoms with Gasteiger partial charge in [0.05, 0.1) is 17.1 Å². The zero-order valence-corrected chi connectivity index (χ0v) is 11.6. The number of halogens is 1. The van der Waals surface area contributed by atoms with E-state index in [1.807, 2.05) is 0 Å². The standard InChI is InChI=1S/C10H10BrNO5S/c11-9-6-7(2-3-8(9)10(13)14)18(15,16)12-4-1-5-17-12/h2-3,6H,1,4-5H2,(H,13,14). The van der Waals surface area contributed by atoms with E-state index < -0.39 is 16.0 Å². The number of aromatic carboxylic acids is 1. The van der Waals surface area contributed by atoms with Crippen LogP contribution in [0, 0.1) is 0 Å². The van der Waals surface area contributed by atoms with Crippen LogP contribution in [0.4, 0.5) is 0 Å². The van der Waals surface area contributed by atoms with E-state index in [-0.39, 0.29) is 14.9 Å². The van der Waals surface area contributed by atoms with Gasteiger partial charge in [0.2, 0.25) is 0 Å². The summed E-state index contributed by atoms with van der Waals surface area (Å²) in [5.41, 5.74) is 0.0105. The molecule has 0 bridgehead atoms. The van der Waals surface area contributed by atoms with E-state index in [0.717, 1.165) is 4.47 Å². The molecule has 6 nitrogen and oxygen atoms in total. The number of rotatable bonds is 3. The van der Waals surface area contributed by atoms with Crippen molar-refractivity contribution in [1.29, 1.82) is 0 Å². The summed E-state index contributed by atoms with van der Waals surface area (Å²) < 4.78 is 25.3. The number of carboxylic acids is 1. The van der Waals surface area contributed by atoms with Crippen molar-refractivity contribution in [2.45, 2.75) is 11.3 Å². The second-order valence-corrected chi connectivity index (χ2v) is 6.35.